The summed E-state index contributed by atoms with van der Waals surface area (Å²) in [6.07, 6.45) is 1.49. The third-order valence-corrected chi connectivity index (χ3v) is 5.43. The van der Waals surface area contributed by atoms with Crippen molar-refractivity contribution in [3.8, 4) is 27.6 Å². The van der Waals surface area contributed by atoms with Crippen LogP contribution in [0.2, 0.25) is 5.02 Å². The Morgan fingerprint density at radius 3 is 2.75 bits per heavy atom. The summed E-state index contributed by atoms with van der Waals surface area (Å²) in [5.74, 6) is 0.854. The molecule has 1 aliphatic heterocycles. The SMILES string of the molecule is Oc1ccc(-c2cc(N3CCOCC3)sc2-c2ncn[nH]2)c(Cl)c1. The van der Waals surface area contributed by atoms with Crippen LogP contribution in [0.25, 0.3) is 21.8 Å². The fourth-order valence-corrected chi connectivity index (χ4v) is 4.18. The lowest BCUT2D eigenvalue weighted by Gasteiger charge is -2.27. The molecule has 3 aromatic rings. The van der Waals surface area contributed by atoms with Gasteiger partial charge in [-0.2, -0.15) is 5.10 Å². The molecule has 0 atom stereocenters. The number of halogens is 1. The summed E-state index contributed by atoms with van der Waals surface area (Å²) in [6.45, 7) is 3.17. The number of aromatic nitrogens is 3. The summed E-state index contributed by atoms with van der Waals surface area (Å²) in [5, 5.41) is 18.1. The quantitative estimate of drug-likeness (QED) is 0.747. The molecular formula is C16H15ClN4O2S. The Bertz CT molecular complexity index is 844. The van der Waals surface area contributed by atoms with Gasteiger partial charge in [-0.15, -0.1) is 11.3 Å². The number of anilines is 1. The van der Waals surface area contributed by atoms with Gasteiger partial charge in [0.1, 0.15) is 12.1 Å². The number of hydrogen-bond donors (Lipinski definition) is 2. The van der Waals surface area contributed by atoms with Crippen molar-refractivity contribution in [3.63, 3.8) is 0 Å². The van der Waals surface area contributed by atoms with E-state index in [2.05, 4.69) is 26.1 Å². The number of ether oxygens (including phenoxy) is 1. The molecule has 0 bridgehead atoms. The first kappa shape index (κ1) is 15.4. The monoisotopic (exact) mass is 362 g/mol. The van der Waals surface area contributed by atoms with Crippen LogP contribution in [0.1, 0.15) is 0 Å². The molecule has 124 valence electrons. The van der Waals surface area contributed by atoms with Crippen molar-refractivity contribution in [3.05, 3.63) is 35.6 Å². The minimum Gasteiger partial charge on any atom is -0.508 e. The van der Waals surface area contributed by atoms with Gasteiger partial charge in [0.2, 0.25) is 0 Å². The molecule has 4 rings (SSSR count). The molecule has 0 saturated carbocycles. The van der Waals surface area contributed by atoms with Crippen LogP contribution >= 0.6 is 22.9 Å². The van der Waals surface area contributed by atoms with Crippen molar-refractivity contribution in [1.29, 1.82) is 0 Å². The van der Waals surface area contributed by atoms with Crippen LogP contribution in [0.15, 0.2) is 30.6 Å². The van der Waals surface area contributed by atoms with Gasteiger partial charge in [0.15, 0.2) is 5.82 Å². The Balaban J connectivity index is 1.83. The molecule has 24 heavy (non-hydrogen) atoms. The first-order chi connectivity index (χ1) is 11.7. The highest BCUT2D eigenvalue weighted by Crippen LogP contribution is 2.44. The van der Waals surface area contributed by atoms with Crippen molar-refractivity contribution >= 4 is 27.9 Å². The van der Waals surface area contributed by atoms with Gasteiger partial charge in [0.05, 0.1) is 28.1 Å². The number of rotatable bonds is 3. The summed E-state index contributed by atoms with van der Waals surface area (Å²) in [6, 6.07) is 7.12. The lowest BCUT2D eigenvalue weighted by atomic mass is 10.1. The molecule has 0 aliphatic carbocycles. The number of H-pyrrole nitrogens is 1. The molecule has 2 N–H and O–H groups in total. The van der Waals surface area contributed by atoms with Crippen molar-refractivity contribution in [2.75, 3.05) is 31.2 Å². The van der Waals surface area contributed by atoms with E-state index >= 15 is 0 Å². The van der Waals surface area contributed by atoms with Crippen molar-refractivity contribution in [1.82, 2.24) is 15.2 Å². The number of hydrogen-bond acceptors (Lipinski definition) is 6. The van der Waals surface area contributed by atoms with Crippen molar-refractivity contribution in [2.45, 2.75) is 0 Å². The smallest absolute Gasteiger partial charge is 0.166 e. The number of phenolic OH excluding ortho intramolecular Hbond substituents is 1. The second-order valence-corrected chi connectivity index (χ2v) is 6.86. The molecule has 0 unspecified atom stereocenters. The molecule has 1 aliphatic rings. The van der Waals surface area contributed by atoms with E-state index in [9.17, 15) is 5.11 Å². The van der Waals surface area contributed by atoms with Crippen LogP contribution in [-0.2, 0) is 4.74 Å². The summed E-state index contributed by atoms with van der Waals surface area (Å²) in [5.41, 5.74) is 1.83. The molecule has 2 aromatic heterocycles. The zero-order chi connectivity index (χ0) is 16.5. The minimum absolute atomic E-state index is 0.147. The number of aromatic amines is 1. The van der Waals surface area contributed by atoms with Gasteiger partial charge < -0.3 is 14.7 Å². The number of thiophene rings is 1. The maximum atomic E-state index is 9.61. The maximum absolute atomic E-state index is 9.61. The molecule has 8 heteroatoms. The minimum atomic E-state index is 0.147. The van der Waals surface area contributed by atoms with Gasteiger partial charge in [0, 0.05) is 24.2 Å². The predicted octanol–water partition coefficient (Wildman–Crippen LogP) is 3.40. The van der Waals surface area contributed by atoms with Crippen LogP contribution in [0.3, 0.4) is 0 Å². The number of nitrogens with zero attached hydrogens (tertiary/aromatic N) is 3. The number of morpholine rings is 1. The van der Waals surface area contributed by atoms with E-state index in [0.717, 1.165) is 47.3 Å². The van der Waals surface area contributed by atoms with Gasteiger partial charge in [-0.25, -0.2) is 4.98 Å². The standard InChI is InChI=1S/C16H15ClN4O2S/c17-13-7-10(22)1-2-11(13)12-8-14(21-3-5-23-6-4-21)24-15(12)16-18-9-19-20-16/h1-2,7-9,22H,3-6H2,(H,18,19,20). The molecular weight excluding hydrogens is 348 g/mol. The lowest BCUT2D eigenvalue weighted by molar-refractivity contribution is 0.123. The van der Waals surface area contributed by atoms with E-state index in [4.69, 9.17) is 16.3 Å². The normalized spacial score (nSPS) is 15.0. The van der Waals surface area contributed by atoms with Crippen LogP contribution in [0.5, 0.6) is 5.75 Å². The zero-order valence-electron chi connectivity index (χ0n) is 12.7. The molecule has 6 nitrogen and oxygen atoms in total. The van der Waals surface area contributed by atoms with Crippen LogP contribution < -0.4 is 4.90 Å². The highest BCUT2D eigenvalue weighted by molar-refractivity contribution is 7.20. The van der Waals surface area contributed by atoms with E-state index in [1.807, 2.05) is 6.07 Å². The van der Waals surface area contributed by atoms with Gasteiger partial charge in [-0.1, -0.05) is 11.6 Å². The van der Waals surface area contributed by atoms with Gasteiger partial charge >= 0.3 is 0 Å². The van der Waals surface area contributed by atoms with E-state index in [0.29, 0.717) is 10.8 Å². The molecule has 0 amide bonds. The first-order valence-electron chi connectivity index (χ1n) is 7.53. The van der Waals surface area contributed by atoms with Gasteiger partial charge in [-0.3, -0.25) is 5.10 Å². The summed E-state index contributed by atoms with van der Waals surface area (Å²) in [7, 11) is 0. The predicted molar refractivity (Wildman–Crippen MR) is 94.8 cm³/mol. The second kappa shape index (κ2) is 6.43. The maximum Gasteiger partial charge on any atom is 0.166 e. The third kappa shape index (κ3) is 2.86. The fourth-order valence-electron chi connectivity index (χ4n) is 2.73. The Hall–Kier alpha value is -2.09. The number of benzene rings is 1. The number of aromatic hydroxyl groups is 1. The van der Waals surface area contributed by atoms with Crippen LogP contribution in [0.4, 0.5) is 5.00 Å². The summed E-state index contributed by atoms with van der Waals surface area (Å²) >= 11 is 8.00. The lowest BCUT2D eigenvalue weighted by Crippen LogP contribution is -2.35. The van der Waals surface area contributed by atoms with Crippen LogP contribution in [0, 0.1) is 0 Å². The Labute approximate surface area is 147 Å². The molecule has 3 heterocycles. The molecule has 1 saturated heterocycles. The second-order valence-electron chi connectivity index (χ2n) is 5.43. The largest absolute Gasteiger partial charge is 0.508 e. The van der Waals surface area contributed by atoms with Gasteiger partial charge in [-0.05, 0) is 24.3 Å². The Morgan fingerprint density at radius 2 is 2.04 bits per heavy atom. The Morgan fingerprint density at radius 1 is 1.21 bits per heavy atom. The van der Waals surface area contributed by atoms with Crippen LogP contribution in [-0.4, -0.2) is 46.6 Å². The molecule has 0 spiro atoms. The highest BCUT2D eigenvalue weighted by Gasteiger charge is 2.21. The average Bonchev–Trinajstić information content (AvgIpc) is 3.25. The van der Waals surface area contributed by atoms with E-state index in [1.165, 1.54) is 6.33 Å². The fraction of sp³-hybridized carbons (Fsp3) is 0.250. The van der Waals surface area contributed by atoms with Gasteiger partial charge in [0.25, 0.3) is 0 Å². The highest BCUT2D eigenvalue weighted by atomic mass is 35.5. The van der Waals surface area contributed by atoms with E-state index in [-0.39, 0.29) is 5.75 Å². The summed E-state index contributed by atoms with van der Waals surface area (Å²) in [4.78, 5) is 7.56. The van der Waals surface area contributed by atoms with Crippen molar-refractivity contribution in [2.24, 2.45) is 0 Å². The first-order valence-corrected chi connectivity index (χ1v) is 8.73. The molecule has 0 radical (unpaired) electrons. The Kier molecular flexibility index (Phi) is 4.13. The number of nitrogens with one attached hydrogen (secondary N) is 1. The third-order valence-electron chi connectivity index (χ3n) is 3.91. The average molecular weight is 363 g/mol. The summed E-state index contributed by atoms with van der Waals surface area (Å²) < 4.78 is 5.43. The molecule has 1 aromatic carbocycles. The topological polar surface area (TPSA) is 74.3 Å². The zero-order valence-corrected chi connectivity index (χ0v) is 14.3. The number of phenols is 1. The van der Waals surface area contributed by atoms with E-state index < -0.39 is 0 Å². The van der Waals surface area contributed by atoms with E-state index in [1.54, 1.807) is 23.5 Å². The van der Waals surface area contributed by atoms with Crippen molar-refractivity contribution < 1.29 is 9.84 Å². The molecule has 1 fully saturated rings.